The van der Waals surface area contributed by atoms with Gasteiger partial charge in [0.1, 0.15) is 5.92 Å². The standard InChI is InChI=1S/C11H10N2O5/c1-18-11(15)8-4-6-2-3-7(13(16)17)5-9(6)12-10(8)14/h2-3,5,8H,4H2,1H3,(H,12,14). The summed E-state index contributed by atoms with van der Waals surface area (Å²) in [5.74, 6) is -2.02. The fraction of sp³-hybridized carbons (Fsp3) is 0.273. The van der Waals surface area contributed by atoms with Gasteiger partial charge < -0.3 is 10.1 Å². The van der Waals surface area contributed by atoms with Gasteiger partial charge in [-0.1, -0.05) is 6.07 Å². The zero-order valence-corrected chi connectivity index (χ0v) is 9.50. The first kappa shape index (κ1) is 12.0. The molecule has 1 atom stereocenters. The molecule has 94 valence electrons. The molecule has 0 spiro atoms. The molecule has 1 aliphatic heterocycles. The van der Waals surface area contributed by atoms with Crippen molar-refractivity contribution in [3.63, 3.8) is 0 Å². The number of non-ortho nitro benzene ring substituents is 1. The van der Waals surface area contributed by atoms with Gasteiger partial charge in [0.25, 0.3) is 5.69 Å². The summed E-state index contributed by atoms with van der Waals surface area (Å²) >= 11 is 0. The minimum atomic E-state index is -0.899. The number of nitro benzene ring substituents is 1. The molecular weight excluding hydrogens is 240 g/mol. The molecule has 18 heavy (non-hydrogen) atoms. The van der Waals surface area contributed by atoms with Gasteiger partial charge in [0.15, 0.2) is 0 Å². The van der Waals surface area contributed by atoms with E-state index in [1.165, 1.54) is 25.3 Å². The molecule has 7 heteroatoms. The van der Waals surface area contributed by atoms with Gasteiger partial charge in [0.2, 0.25) is 5.91 Å². The van der Waals surface area contributed by atoms with Crippen molar-refractivity contribution in [1.82, 2.24) is 0 Å². The molecule has 1 aliphatic rings. The van der Waals surface area contributed by atoms with Crippen molar-refractivity contribution in [3.05, 3.63) is 33.9 Å². The number of ether oxygens (including phenoxy) is 1. The van der Waals surface area contributed by atoms with Crippen LogP contribution >= 0.6 is 0 Å². The molecule has 0 bridgehead atoms. The highest BCUT2D eigenvalue weighted by Gasteiger charge is 2.33. The number of carbonyl (C=O) groups excluding carboxylic acids is 2. The third-order valence-corrected chi connectivity index (χ3v) is 2.79. The van der Waals surface area contributed by atoms with Crippen LogP contribution in [0, 0.1) is 16.0 Å². The third kappa shape index (κ3) is 2.02. The number of rotatable bonds is 2. The normalized spacial score (nSPS) is 17.6. The maximum absolute atomic E-state index is 11.7. The number of hydrogen-bond donors (Lipinski definition) is 1. The van der Waals surface area contributed by atoms with E-state index in [1.807, 2.05) is 0 Å². The quantitative estimate of drug-likeness (QED) is 0.363. The number of methoxy groups -OCH3 is 1. The molecule has 1 aromatic carbocycles. The van der Waals surface area contributed by atoms with Crippen LogP contribution in [0.5, 0.6) is 0 Å². The Morgan fingerprint density at radius 3 is 2.89 bits per heavy atom. The minimum absolute atomic E-state index is 0.106. The number of carbonyl (C=O) groups is 2. The Balaban J connectivity index is 2.33. The first-order valence-corrected chi connectivity index (χ1v) is 5.19. The first-order chi connectivity index (χ1) is 8.52. The van der Waals surface area contributed by atoms with Crippen LogP contribution in [-0.4, -0.2) is 23.9 Å². The van der Waals surface area contributed by atoms with E-state index in [0.717, 1.165) is 0 Å². The molecule has 0 saturated heterocycles. The van der Waals surface area contributed by atoms with E-state index in [0.29, 0.717) is 11.3 Å². The molecule has 1 heterocycles. The monoisotopic (exact) mass is 250 g/mol. The second-order valence-corrected chi connectivity index (χ2v) is 3.87. The number of nitro groups is 1. The summed E-state index contributed by atoms with van der Waals surface area (Å²) in [5.41, 5.74) is 0.940. The van der Waals surface area contributed by atoms with Crippen LogP contribution in [0.15, 0.2) is 18.2 Å². The molecule has 2 rings (SSSR count). The molecular formula is C11H10N2O5. The number of esters is 1. The zero-order valence-electron chi connectivity index (χ0n) is 9.50. The number of benzene rings is 1. The maximum Gasteiger partial charge on any atom is 0.318 e. The van der Waals surface area contributed by atoms with Crippen molar-refractivity contribution < 1.29 is 19.2 Å². The molecule has 0 aliphatic carbocycles. The first-order valence-electron chi connectivity index (χ1n) is 5.19. The largest absolute Gasteiger partial charge is 0.468 e. The number of hydrogen-bond acceptors (Lipinski definition) is 5. The van der Waals surface area contributed by atoms with Gasteiger partial charge in [-0.2, -0.15) is 0 Å². The smallest absolute Gasteiger partial charge is 0.318 e. The van der Waals surface area contributed by atoms with E-state index in [4.69, 9.17) is 0 Å². The van der Waals surface area contributed by atoms with E-state index in [1.54, 1.807) is 0 Å². The van der Waals surface area contributed by atoms with Crippen molar-refractivity contribution in [2.75, 3.05) is 12.4 Å². The molecule has 1 amide bonds. The molecule has 1 N–H and O–H groups in total. The Hall–Kier alpha value is -2.44. The number of fused-ring (bicyclic) bond motifs is 1. The Bertz CT molecular complexity index is 540. The summed E-state index contributed by atoms with van der Waals surface area (Å²) < 4.78 is 4.53. The van der Waals surface area contributed by atoms with E-state index in [9.17, 15) is 19.7 Å². The van der Waals surface area contributed by atoms with Gasteiger partial charge in [-0.15, -0.1) is 0 Å². The van der Waals surface area contributed by atoms with Crippen LogP contribution < -0.4 is 5.32 Å². The summed E-state index contributed by atoms with van der Waals surface area (Å²) in [6.45, 7) is 0. The highest BCUT2D eigenvalue weighted by molar-refractivity contribution is 6.07. The van der Waals surface area contributed by atoms with Crippen molar-refractivity contribution in [2.24, 2.45) is 5.92 Å². The number of nitrogens with zero attached hydrogens (tertiary/aromatic N) is 1. The predicted octanol–water partition coefficient (Wildman–Crippen LogP) is 0.879. The number of anilines is 1. The lowest BCUT2D eigenvalue weighted by atomic mass is 9.93. The van der Waals surface area contributed by atoms with E-state index in [-0.39, 0.29) is 12.1 Å². The summed E-state index contributed by atoms with van der Waals surface area (Å²) in [7, 11) is 1.21. The van der Waals surface area contributed by atoms with Crippen molar-refractivity contribution >= 4 is 23.3 Å². The molecule has 7 nitrogen and oxygen atoms in total. The lowest BCUT2D eigenvalue weighted by Gasteiger charge is -2.22. The molecule has 0 fully saturated rings. The Kier molecular flexibility index (Phi) is 2.97. The van der Waals surface area contributed by atoms with Gasteiger partial charge in [-0.3, -0.25) is 19.7 Å². The fourth-order valence-corrected chi connectivity index (χ4v) is 1.84. The minimum Gasteiger partial charge on any atom is -0.468 e. The van der Waals surface area contributed by atoms with E-state index in [2.05, 4.69) is 10.1 Å². The van der Waals surface area contributed by atoms with Crippen molar-refractivity contribution in [1.29, 1.82) is 0 Å². The van der Waals surface area contributed by atoms with Gasteiger partial charge in [-0.05, 0) is 12.0 Å². The lowest BCUT2D eigenvalue weighted by Crippen LogP contribution is -2.36. The Morgan fingerprint density at radius 1 is 1.56 bits per heavy atom. The lowest BCUT2D eigenvalue weighted by molar-refractivity contribution is -0.384. The van der Waals surface area contributed by atoms with Crippen LogP contribution in [0.1, 0.15) is 5.56 Å². The van der Waals surface area contributed by atoms with Gasteiger partial charge >= 0.3 is 5.97 Å². The summed E-state index contributed by atoms with van der Waals surface area (Å²) in [4.78, 5) is 33.1. The molecule has 1 aromatic rings. The zero-order chi connectivity index (χ0) is 13.3. The average Bonchev–Trinajstić information content (AvgIpc) is 2.36. The van der Waals surface area contributed by atoms with Crippen LogP contribution in [0.4, 0.5) is 11.4 Å². The fourth-order valence-electron chi connectivity index (χ4n) is 1.84. The third-order valence-electron chi connectivity index (χ3n) is 2.79. The van der Waals surface area contributed by atoms with Crippen LogP contribution in [0.3, 0.4) is 0 Å². The SMILES string of the molecule is COC(=O)C1Cc2ccc([N+](=O)[O-])cc2NC1=O. The average molecular weight is 250 g/mol. The second-order valence-electron chi connectivity index (χ2n) is 3.87. The van der Waals surface area contributed by atoms with E-state index >= 15 is 0 Å². The highest BCUT2D eigenvalue weighted by Crippen LogP contribution is 2.29. The molecule has 0 saturated carbocycles. The van der Waals surface area contributed by atoms with Gasteiger partial charge in [-0.25, -0.2) is 0 Å². The molecule has 0 aromatic heterocycles. The van der Waals surface area contributed by atoms with Crippen LogP contribution in [-0.2, 0) is 20.7 Å². The molecule has 1 unspecified atom stereocenters. The Labute approximate surface area is 102 Å². The highest BCUT2D eigenvalue weighted by atomic mass is 16.6. The summed E-state index contributed by atoms with van der Waals surface area (Å²) in [6, 6.07) is 4.15. The molecule has 0 radical (unpaired) electrons. The maximum atomic E-state index is 11.7. The van der Waals surface area contributed by atoms with Crippen LogP contribution in [0.25, 0.3) is 0 Å². The van der Waals surface area contributed by atoms with Gasteiger partial charge in [0, 0.05) is 12.1 Å². The van der Waals surface area contributed by atoms with Crippen molar-refractivity contribution in [2.45, 2.75) is 6.42 Å². The van der Waals surface area contributed by atoms with Crippen molar-refractivity contribution in [3.8, 4) is 0 Å². The number of nitrogens with one attached hydrogen (secondary N) is 1. The second kappa shape index (κ2) is 4.44. The number of amides is 1. The van der Waals surface area contributed by atoms with E-state index < -0.39 is 22.7 Å². The Morgan fingerprint density at radius 2 is 2.28 bits per heavy atom. The summed E-state index contributed by atoms with van der Waals surface area (Å²) in [6.07, 6.45) is 0.186. The predicted molar refractivity (Wildman–Crippen MR) is 60.9 cm³/mol. The van der Waals surface area contributed by atoms with Gasteiger partial charge in [0.05, 0.1) is 17.7 Å². The topological polar surface area (TPSA) is 98.5 Å². The van der Waals surface area contributed by atoms with Crippen LogP contribution in [0.2, 0.25) is 0 Å². The summed E-state index contributed by atoms with van der Waals surface area (Å²) in [5, 5.41) is 13.1.